The molecule has 1 aliphatic rings. The molecule has 0 saturated carbocycles. The third kappa shape index (κ3) is 6.84. The maximum absolute atomic E-state index is 12.8. The van der Waals surface area contributed by atoms with Gasteiger partial charge in [0.15, 0.2) is 17.5 Å². The number of nitrogens with zero attached hydrogens (tertiary/aromatic N) is 1. The lowest BCUT2D eigenvalue weighted by Gasteiger charge is -2.15. The number of nitrogens with one attached hydrogen (secondary N) is 3. The van der Waals surface area contributed by atoms with Crippen molar-refractivity contribution in [2.24, 2.45) is 4.99 Å². The molecule has 32 heavy (non-hydrogen) atoms. The van der Waals surface area contributed by atoms with Gasteiger partial charge in [0.2, 0.25) is 6.79 Å². The fourth-order valence-corrected chi connectivity index (χ4v) is 2.91. The van der Waals surface area contributed by atoms with Gasteiger partial charge in [0.25, 0.3) is 5.91 Å². The summed E-state index contributed by atoms with van der Waals surface area (Å²) in [5.41, 5.74) is 1.95. The highest BCUT2D eigenvalue weighted by atomic mass is 127. The Morgan fingerprint density at radius 1 is 1.16 bits per heavy atom. The topological polar surface area (TPSA) is 93.2 Å². The lowest BCUT2D eigenvalue weighted by molar-refractivity contribution is -0.0505. The first-order valence-electron chi connectivity index (χ1n) is 9.70. The Kier molecular flexibility index (Phi) is 9.75. The summed E-state index contributed by atoms with van der Waals surface area (Å²) >= 11 is 0. The second kappa shape index (κ2) is 12.3. The fourth-order valence-electron chi connectivity index (χ4n) is 2.91. The lowest BCUT2D eigenvalue weighted by atomic mass is 10.1. The van der Waals surface area contributed by atoms with E-state index in [-0.39, 0.29) is 49.0 Å². The molecule has 8 nitrogen and oxygen atoms in total. The number of aliphatic imine (C=N–C) groups is 1. The fraction of sp³-hybridized carbons (Fsp3) is 0.333. The van der Waals surface area contributed by atoms with Crippen molar-refractivity contribution in [3.63, 3.8) is 0 Å². The van der Waals surface area contributed by atoms with Crippen LogP contribution in [0, 0.1) is 0 Å². The summed E-state index contributed by atoms with van der Waals surface area (Å²) in [6, 6.07) is 10.1. The van der Waals surface area contributed by atoms with Gasteiger partial charge in [-0.25, -0.2) is 4.99 Å². The van der Waals surface area contributed by atoms with Crippen LogP contribution in [0.5, 0.6) is 17.2 Å². The second-order valence-corrected chi connectivity index (χ2v) is 6.52. The molecule has 0 saturated heterocycles. The van der Waals surface area contributed by atoms with Gasteiger partial charge in [0, 0.05) is 37.3 Å². The molecule has 11 heteroatoms. The van der Waals surface area contributed by atoms with Gasteiger partial charge in [-0.1, -0.05) is 12.1 Å². The van der Waals surface area contributed by atoms with Crippen molar-refractivity contribution in [3.05, 3.63) is 53.1 Å². The van der Waals surface area contributed by atoms with Crippen LogP contribution in [0.2, 0.25) is 0 Å². The highest BCUT2D eigenvalue weighted by molar-refractivity contribution is 14.0. The normalized spacial score (nSPS) is 12.2. The van der Waals surface area contributed by atoms with Crippen LogP contribution in [-0.4, -0.2) is 38.9 Å². The first kappa shape index (κ1) is 25.4. The first-order chi connectivity index (χ1) is 15.0. The van der Waals surface area contributed by atoms with E-state index in [1.54, 1.807) is 25.2 Å². The number of hydrogen-bond donors (Lipinski definition) is 3. The van der Waals surface area contributed by atoms with Crippen LogP contribution >= 0.6 is 24.0 Å². The summed E-state index contributed by atoms with van der Waals surface area (Å²) < 4.78 is 40.8. The molecule has 0 atom stereocenters. The van der Waals surface area contributed by atoms with Gasteiger partial charge in [0.1, 0.15) is 5.75 Å². The van der Waals surface area contributed by atoms with Crippen molar-refractivity contribution in [2.45, 2.75) is 26.6 Å². The summed E-state index contributed by atoms with van der Waals surface area (Å²) in [6.07, 6.45) is 0. The third-order valence-corrected chi connectivity index (χ3v) is 4.43. The molecule has 2 aromatic carbocycles. The summed E-state index contributed by atoms with van der Waals surface area (Å²) in [6.45, 7) is 0.150. The Labute approximate surface area is 201 Å². The van der Waals surface area contributed by atoms with Gasteiger partial charge >= 0.3 is 6.61 Å². The number of carbonyl (C=O) groups excluding carboxylic acids is 1. The van der Waals surface area contributed by atoms with Gasteiger partial charge in [0.05, 0.1) is 6.54 Å². The zero-order valence-electron chi connectivity index (χ0n) is 17.6. The van der Waals surface area contributed by atoms with E-state index in [0.29, 0.717) is 41.7 Å². The zero-order valence-corrected chi connectivity index (χ0v) is 19.9. The average molecular weight is 562 g/mol. The highest BCUT2D eigenvalue weighted by Gasteiger charge is 2.20. The number of alkyl halides is 2. The number of amides is 1. The van der Waals surface area contributed by atoms with Crippen molar-refractivity contribution in [2.75, 3.05) is 20.4 Å². The summed E-state index contributed by atoms with van der Waals surface area (Å²) in [4.78, 5) is 16.1. The van der Waals surface area contributed by atoms with Gasteiger partial charge < -0.3 is 30.2 Å². The Morgan fingerprint density at radius 3 is 2.47 bits per heavy atom. The van der Waals surface area contributed by atoms with Crippen LogP contribution in [0.3, 0.4) is 0 Å². The van der Waals surface area contributed by atoms with E-state index in [9.17, 15) is 13.6 Å². The monoisotopic (exact) mass is 562 g/mol. The quantitative estimate of drug-likeness (QED) is 0.260. The van der Waals surface area contributed by atoms with Gasteiger partial charge in [-0.15, -0.1) is 24.0 Å². The van der Waals surface area contributed by atoms with Crippen LogP contribution in [-0.2, 0) is 13.1 Å². The molecule has 3 rings (SSSR count). The molecule has 174 valence electrons. The first-order valence-corrected chi connectivity index (χ1v) is 9.70. The molecule has 0 spiro atoms. The molecule has 1 amide bonds. The number of carbonyl (C=O) groups is 1. The standard InChI is InChI=1S/C21H24F2N4O4.HI/c1-3-25-21(26-10-13-4-6-14(7-5-13)19(28)24-2)27-11-15-8-17-18(30-12-29-17)9-16(15)31-20(22)23;/h4-9,20H,3,10-12H2,1-2H3,(H,24,28)(H2,25,26,27);1H. The third-order valence-electron chi connectivity index (χ3n) is 4.43. The molecule has 0 aromatic heterocycles. The van der Waals surface area contributed by atoms with E-state index < -0.39 is 6.61 Å². The van der Waals surface area contributed by atoms with E-state index in [2.05, 4.69) is 25.7 Å². The molecule has 3 N–H and O–H groups in total. The second-order valence-electron chi connectivity index (χ2n) is 6.52. The van der Waals surface area contributed by atoms with Crippen molar-refractivity contribution in [3.8, 4) is 17.2 Å². The average Bonchev–Trinajstić information content (AvgIpc) is 3.22. The van der Waals surface area contributed by atoms with Crippen LogP contribution in [0.25, 0.3) is 0 Å². The maximum Gasteiger partial charge on any atom is 0.387 e. The van der Waals surface area contributed by atoms with Crippen molar-refractivity contribution in [1.29, 1.82) is 0 Å². The number of benzene rings is 2. The molecule has 0 unspecified atom stereocenters. The minimum atomic E-state index is -2.96. The van der Waals surface area contributed by atoms with Crippen molar-refractivity contribution >= 4 is 35.8 Å². The summed E-state index contributed by atoms with van der Waals surface area (Å²) in [5.74, 6) is 1.18. The number of fused-ring (bicyclic) bond motifs is 1. The van der Waals surface area contributed by atoms with E-state index >= 15 is 0 Å². The van der Waals surface area contributed by atoms with E-state index in [1.807, 2.05) is 19.1 Å². The SMILES string of the molecule is CCNC(=NCc1ccc(C(=O)NC)cc1)NCc1cc2c(cc1OC(F)F)OCO2.I. The molecule has 2 aromatic rings. The maximum atomic E-state index is 12.8. The Balaban J connectivity index is 0.00000363. The van der Waals surface area contributed by atoms with Crippen LogP contribution in [0.15, 0.2) is 41.4 Å². The predicted octanol–water partition coefficient (Wildman–Crippen LogP) is 3.25. The molecule has 0 aliphatic carbocycles. The number of hydrogen-bond acceptors (Lipinski definition) is 5. The van der Waals surface area contributed by atoms with Gasteiger partial charge in [-0.2, -0.15) is 8.78 Å². The zero-order chi connectivity index (χ0) is 22.2. The number of guanidine groups is 1. The van der Waals surface area contributed by atoms with Crippen molar-refractivity contribution < 1.29 is 27.8 Å². The Morgan fingerprint density at radius 2 is 1.84 bits per heavy atom. The van der Waals surface area contributed by atoms with Crippen LogP contribution in [0.4, 0.5) is 8.78 Å². The van der Waals surface area contributed by atoms with Crippen LogP contribution in [0.1, 0.15) is 28.4 Å². The number of ether oxygens (including phenoxy) is 3. The van der Waals surface area contributed by atoms with Crippen molar-refractivity contribution in [1.82, 2.24) is 16.0 Å². The minimum absolute atomic E-state index is 0. The van der Waals surface area contributed by atoms with Gasteiger partial charge in [-0.05, 0) is 30.7 Å². The van der Waals surface area contributed by atoms with E-state index in [1.165, 1.54) is 6.07 Å². The number of halogens is 3. The summed E-state index contributed by atoms with van der Waals surface area (Å²) in [5, 5.41) is 8.78. The Bertz CT molecular complexity index is 942. The highest BCUT2D eigenvalue weighted by Crippen LogP contribution is 2.38. The Hall–Kier alpha value is -2.83. The smallest absolute Gasteiger partial charge is 0.387 e. The molecule has 0 radical (unpaired) electrons. The number of rotatable bonds is 8. The minimum Gasteiger partial charge on any atom is -0.454 e. The van der Waals surface area contributed by atoms with Gasteiger partial charge in [-0.3, -0.25) is 4.79 Å². The molecular formula is C21H25F2IN4O4. The van der Waals surface area contributed by atoms with Crippen LogP contribution < -0.4 is 30.2 Å². The summed E-state index contributed by atoms with van der Waals surface area (Å²) in [7, 11) is 1.58. The van der Waals surface area contributed by atoms with E-state index in [0.717, 1.165) is 5.56 Å². The lowest BCUT2D eigenvalue weighted by Crippen LogP contribution is -2.36. The molecule has 0 fully saturated rings. The molecule has 1 aliphatic heterocycles. The molecule has 0 bridgehead atoms. The van der Waals surface area contributed by atoms with E-state index in [4.69, 9.17) is 9.47 Å². The largest absolute Gasteiger partial charge is 0.454 e. The molecule has 1 heterocycles. The predicted molar refractivity (Wildman–Crippen MR) is 126 cm³/mol. The molecular weight excluding hydrogens is 537 g/mol.